The quantitative estimate of drug-likeness (QED) is 0.887. The molecular weight excluding hydrogens is 290 g/mol. The fourth-order valence-corrected chi connectivity index (χ4v) is 2.50. The average Bonchev–Trinajstić information content (AvgIpc) is 2.88. The van der Waals surface area contributed by atoms with Gasteiger partial charge in [-0.1, -0.05) is 18.2 Å². The monoisotopic (exact) mass is 305 g/mol. The first-order valence-corrected chi connectivity index (χ1v) is 7.11. The number of thiazole rings is 1. The van der Waals surface area contributed by atoms with Crippen LogP contribution in [0.25, 0.3) is 0 Å². The zero-order valence-corrected chi connectivity index (χ0v) is 12.3. The Hall–Kier alpha value is -2.41. The van der Waals surface area contributed by atoms with E-state index in [-0.39, 0.29) is 0 Å². The third kappa shape index (κ3) is 4.28. The van der Waals surface area contributed by atoms with Crippen molar-refractivity contribution in [3.05, 3.63) is 46.4 Å². The number of carboxylic acid groups (broad SMARTS) is 1. The van der Waals surface area contributed by atoms with Gasteiger partial charge < -0.3 is 10.4 Å². The number of urea groups is 1. The standard InChI is InChI=1S/C14H15N3O3S/c1-10-15-7-12(21-10)8-16-14(20)17(9-13(18)19)11-5-3-2-4-6-11/h2-7H,8-9H2,1H3,(H,16,20)(H,18,19). The van der Waals surface area contributed by atoms with Gasteiger partial charge in [-0.05, 0) is 19.1 Å². The minimum atomic E-state index is -1.07. The van der Waals surface area contributed by atoms with Crippen LogP contribution in [0.5, 0.6) is 0 Å². The number of rotatable bonds is 5. The van der Waals surface area contributed by atoms with Gasteiger partial charge >= 0.3 is 12.0 Å². The van der Waals surface area contributed by atoms with Gasteiger partial charge in [-0.15, -0.1) is 11.3 Å². The van der Waals surface area contributed by atoms with E-state index in [0.717, 1.165) is 9.88 Å². The molecule has 0 atom stereocenters. The lowest BCUT2D eigenvalue weighted by Gasteiger charge is -2.21. The lowest BCUT2D eigenvalue weighted by atomic mass is 10.3. The predicted molar refractivity (Wildman–Crippen MR) is 80.5 cm³/mol. The van der Waals surface area contributed by atoms with E-state index in [2.05, 4.69) is 10.3 Å². The van der Waals surface area contributed by atoms with Crippen LogP contribution >= 0.6 is 11.3 Å². The van der Waals surface area contributed by atoms with Crippen LogP contribution in [0.2, 0.25) is 0 Å². The molecule has 0 radical (unpaired) electrons. The summed E-state index contributed by atoms with van der Waals surface area (Å²) < 4.78 is 0. The molecule has 1 heterocycles. The molecule has 0 spiro atoms. The Morgan fingerprint density at radius 3 is 2.62 bits per heavy atom. The molecule has 21 heavy (non-hydrogen) atoms. The van der Waals surface area contributed by atoms with E-state index in [0.29, 0.717) is 12.2 Å². The molecule has 0 fully saturated rings. The third-order valence-corrected chi connectivity index (χ3v) is 3.60. The molecule has 0 aliphatic heterocycles. The number of hydrogen-bond acceptors (Lipinski definition) is 4. The van der Waals surface area contributed by atoms with Gasteiger partial charge in [-0.2, -0.15) is 0 Å². The van der Waals surface area contributed by atoms with Gasteiger partial charge in [-0.3, -0.25) is 9.69 Å². The number of benzene rings is 1. The van der Waals surface area contributed by atoms with Gasteiger partial charge in [0.1, 0.15) is 6.54 Å². The van der Waals surface area contributed by atoms with Crippen LogP contribution in [-0.2, 0) is 11.3 Å². The van der Waals surface area contributed by atoms with Crippen molar-refractivity contribution >= 4 is 29.0 Å². The number of amides is 2. The SMILES string of the molecule is Cc1ncc(CNC(=O)N(CC(=O)O)c2ccccc2)s1. The van der Waals surface area contributed by atoms with Crippen molar-refractivity contribution in [2.24, 2.45) is 0 Å². The highest BCUT2D eigenvalue weighted by Crippen LogP contribution is 2.14. The van der Waals surface area contributed by atoms with Gasteiger partial charge in [0.15, 0.2) is 0 Å². The molecule has 7 heteroatoms. The highest BCUT2D eigenvalue weighted by molar-refractivity contribution is 7.11. The zero-order chi connectivity index (χ0) is 15.2. The second kappa shape index (κ2) is 6.85. The van der Waals surface area contributed by atoms with Crippen LogP contribution in [0.4, 0.5) is 10.5 Å². The van der Waals surface area contributed by atoms with E-state index in [9.17, 15) is 9.59 Å². The Morgan fingerprint density at radius 1 is 1.33 bits per heavy atom. The second-order valence-electron chi connectivity index (χ2n) is 4.32. The number of nitrogens with one attached hydrogen (secondary N) is 1. The summed E-state index contributed by atoms with van der Waals surface area (Å²) in [4.78, 5) is 29.3. The Morgan fingerprint density at radius 2 is 2.05 bits per heavy atom. The number of carbonyl (C=O) groups excluding carboxylic acids is 1. The topological polar surface area (TPSA) is 82.5 Å². The lowest BCUT2D eigenvalue weighted by molar-refractivity contribution is -0.135. The maximum Gasteiger partial charge on any atom is 0.323 e. The fraction of sp³-hybridized carbons (Fsp3) is 0.214. The Kier molecular flexibility index (Phi) is 4.89. The molecule has 1 aromatic carbocycles. The molecule has 0 saturated carbocycles. The number of carbonyl (C=O) groups is 2. The van der Waals surface area contributed by atoms with Crippen LogP contribution in [0.1, 0.15) is 9.88 Å². The summed E-state index contributed by atoms with van der Waals surface area (Å²) in [6.45, 7) is 1.82. The Balaban J connectivity index is 2.05. The minimum absolute atomic E-state index is 0.327. The summed E-state index contributed by atoms with van der Waals surface area (Å²) in [6, 6.07) is 8.25. The highest BCUT2D eigenvalue weighted by Gasteiger charge is 2.18. The van der Waals surface area contributed by atoms with Gasteiger partial charge in [-0.25, -0.2) is 9.78 Å². The number of carboxylic acids is 1. The van der Waals surface area contributed by atoms with Gasteiger partial charge in [0.05, 0.1) is 11.6 Å². The van der Waals surface area contributed by atoms with Crippen molar-refractivity contribution in [1.29, 1.82) is 0 Å². The number of aromatic nitrogens is 1. The van der Waals surface area contributed by atoms with E-state index in [4.69, 9.17) is 5.11 Å². The molecule has 2 amide bonds. The first-order valence-electron chi connectivity index (χ1n) is 6.30. The van der Waals surface area contributed by atoms with E-state index < -0.39 is 18.5 Å². The maximum atomic E-state index is 12.2. The summed E-state index contributed by atoms with van der Waals surface area (Å²) >= 11 is 1.49. The van der Waals surface area contributed by atoms with E-state index >= 15 is 0 Å². The van der Waals surface area contributed by atoms with Gasteiger partial charge in [0.2, 0.25) is 0 Å². The average molecular weight is 305 g/mol. The molecule has 2 rings (SSSR count). The molecule has 6 nitrogen and oxygen atoms in total. The molecule has 2 N–H and O–H groups in total. The second-order valence-corrected chi connectivity index (χ2v) is 5.64. The molecule has 0 aliphatic rings. The molecule has 110 valence electrons. The molecule has 0 aliphatic carbocycles. The summed E-state index contributed by atoms with van der Waals surface area (Å²) in [5, 5.41) is 12.6. The van der Waals surface area contributed by atoms with Crippen LogP contribution in [0, 0.1) is 6.92 Å². The number of hydrogen-bond donors (Lipinski definition) is 2. The number of aliphatic carboxylic acids is 1. The highest BCUT2D eigenvalue weighted by atomic mass is 32.1. The Bertz CT molecular complexity index is 627. The third-order valence-electron chi connectivity index (χ3n) is 2.69. The van der Waals surface area contributed by atoms with Crippen LogP contribution < -0.4 is 10.2 Å². The first kappa shape index (κ1) is 15.0. The van der Waals surface area contributed by atoms with E-state index in [1.54, 1.807) is 36.5 Å². The molecule has 0 unspecified atom stereocenters. The van der Waals surface area contributed by atoms with Crippen LogP contribution in [0.15, 0.2) is 36.5 Å². The number of anilines is 1. The van der Waals surface area contributed by atoms with Crippen molar-refractivity contribution < 1.29 is 14.7 Å². The largest absolute Gasteiger partial charge is 0.480 e. The summed E-state index contributed by atoms with van der Waals surface area (Å²) in [7, 11) is 0. The molecule has 2 aromatic rings. The summed E-state index contributed by atoms with van der Waals surface area (Å²) in [5.41, 5.74) is 0.540. The van der Waals surface area contributed by atoms with E-state index in [1.807, 2.05) is 6.92 Å². The maximum absolute atomic E-state index is 12.2. The molecule has 0 bridgehead atoms. The first-order chi connectivity index (χ1) is 10.1. The van der Waals surface area contributed by atoms with Crippen molar-refractivity contribution in [3.63, 3.8) is 0 Å². The lowest BCUT2D eigenvalue weighted by Crippen LogP contribution is -2.42. The molecular formula is C14H15N3O3S. The number of para-hydroxylation sites is 1. The zero-order valence-electron chi connectivity index (χ0n) is 11.4. The van der Waals surface area contributed by atoms with Crippen molar-refractivity contribution in [2.45, 2.75) is 13.5 Å². The fourth-order valence-electron chi connectivity index (χ4n) is 1.77. The Labute approximate surface area is 126 Å². The predicted octanol–water partition coefficient (Wildman–Crippen LogP) is 2.25. The van der Waals surface area contributed by atoms with Crippen LogP contribution in [0.3, 0.4) is 0 Å². The van der Waals surface area contributed by atoms with Crippen molar-refractivity contribution in [1.82, 2.24) is 10.3 Å². The number of nitrogens with zero attached hydrogens (tertiary/aromatic N) is 2. The molecule has 0 saturated heterocycles. The minimum Gasteiger partial charge on any atom is -0.480 e. The van der Waals surface area contributed by atoms with E-state index in [1.165, 1.54) is 16.2 Å². The van der Waals surface area contributed by atoms with Crippen molar-refractivity contribution in [2.75, 3.05) is 11.4 Å². The summed E-state index contributed by atoms with van der Waals surface area (Å²) in [6.07, 6.45) is 1.70. The normalized spacial score (nSPS) is 10.1. The van der Waals surface area contributed by atoms with Crippen LogP contribution in [-0.4, -0.2) is 28.6 Å². The van der Waals surface area contributed by atoms with Gasteiger partial charge in [0.25, 0.3) is 0 Å². The molecule has 1 aromatic heterocycles. The smallest absolute Gasteiger partial charge is 0.323 e. The summed E-state index contributed by atoms with van der Waals surface area (Å²) in [5.74, 6) is -1.07. The number of aryl methyl sites for hydroxylation is 1. The van der Waals surface area contributed by atoms with Gasteiger partial charge in [0, 0.05) is 16.8 Å². The van der Waals surface area contributed by atoms with Crippen molar-refractivity contribution in [3.8, 4) is 0 Å².